The number of aliphatic hydroxyl groups is 1. The highest BCUT2D eigenvalue weighted by molar-refractivity contribution is 7.11. The van der Waals surface area contributed by atoms with Gasteiger partial charge in [-0.3, -0.25) is 4.90 Å². The SMILES string of the molecule is COc1ccc(CN2CCCC(O)(c3nc(C)c(COc4ccccc4)s3)CC2)cc1. The molecule has 1 saturated heterocycles. The number of methoxy groups -OCH3 is 1. The first kappa shape index (κ1) is 21.8. The van der Waals surface area contributed by atoms with E-state index in [-0.39, 0.29) is 0 Å². The van der Waals surface area contributed by atoms with Gasteiger partial charge in [-0.2, -0.15) is 0 Å². The van der Waals surface area contributed by atoms with Crippen molar-refractivity contribution in [3.05, 3.63) is 75.7 Å². The summed E-state index contributed by atoms with van der Waals surface area (Å²) in [6.07, 6.45) is 2.37. The van der Waals surface area contributed by atoms with Crippen LogP contribution in [0.25, 0.3) is 0 Å². The van der Waals surface area contributed by atoms with Gasteiger partial charge in [0.05, 0.1) is 17.7 Å². The molecule has 6 heteroatoms. The van der Waals surface area contributed by atoms with Crippen LogP contribution in [0.5, 0.6) is 11.5 Å². The Morgan fingerprint density at radius 3 is 2.55 bits per heavy atom. The van der Waals surface area contributed by atoms with Crippen LogP contribution >= 0.6 is 11.3 Å². The van der Waals surface area contributed by atoms with Crippen molar-refractivity contribution >= 4 is 11.3 Å². The van der Waals surface area contributed by atoms with Gasteiger partial charge in [-0.15, -0.1) is 11.3 Å². The number of aryl methyl sites for hydroxylation is 1. The van der Waals surface area contributed by atoms with Crippen molar-refractivity contribution in [1.29, 1.82) is 0 Å². The molecule has 0 bridgehead atoms. The molecule has 31 heavy (non-hydrogen) atoms. The third-order valence-electron chi connectivity index (χ3n) is 5.88. The van der Waals surface area contributed by atoms with Crippen molar-refractivity contribution in [1.82, 2.24) is 9.88 Å². The van der Waals surface area contributed by atoms with Crippen molar-refractivity contribution in [2.45, 2.75) is 44.9 Å². The normalized spacial score (nSPS) is 19.7. The topological polar surface area (TPSA) is 54.8 Å². The lowest BCUT2D eigenvalue weighted by molar-refractivity contribution is 0.0207. The fourth-order valence-electron chi connectivity index (χ4n) is 3.96. The Morgan fingerprint density at radius 1 is 1.03 bits per heavy atom. The predicted octanol–water partition coefficient (Wildman–Crippen LogP) is 4.91. The molecule has 1 atom stereocenters. The van der Waals surface area contributed by atoms with Gasteiger partial charge in [0.25, 0.3) is 0 Å². The Hall–Kier alpha value is -2.41. The van der Waals surface area contributed by atoms with E-state index in [1.165, 1.54) is 5.56 Å². The molecule has 0 amide bonds. The van der Waals surface area contributed by atoms with E-state index in [2.05, 4.69) is 17.0 Å². The van der Waals surface area contributed by atoms with Crippen LogP contribution in [-0.4, -0.2) is 35.2 Å². The van der Waals surface area contributed by atoms with Crippen molar-refractivity contribution in [2.24, 2.45) is 0 Å². The van der Waals surface area contributed by atoms with Crippen molar-refractivity contribution in [3.8, 4) is 11.5 Å². The van der Waals surface area contributed by atoms with Gasteiger partial charge >= 0.3 is 0 Å². The summed E-state index contributed by atoms with van der Waals surface area (Å²) in [5.41, 5.74) is 1.34. The van der Waals surface area contributed by atoms with Crippen LogP contribution < -0.4 is 9.47 Å². The number of rotatable bonds is 7. The molecule has 0 radical (unpaired) electrons. The van der Waals surface area contributed by atoms with E-state index in [0.29, 0.717) is 13.0 Å². The van der Waals surface area contributed by atoms with Crippen LogP contribution in [-0.2, 0) is 18.8 Å². The number of aromatic nitrogens is 1. The molecular formula is C25H30N2O3S. The van der Waals surface area contributed by atoms with Crippen molar-refractivity contribution in [2.75, 3.05) is 20.2 Å². The molecule has 0 saturated carbocycles. The molecule has 164 valence electrons. The van der Waals surface area contributed by atoms with Crippen LogP contribution in [0, 0.1) is 6.92 Å². The lowest BCUT2D eigenvalue weighted by Gasteiger charge is -2.25. The van der Waals surface area contributed by atoms with Crippen molar-refractivity contribution in [3.63, 3.8) is 0 Å². The number of ether oxygens (including phenoxy) is 2. The summed E-state index contributed by atoms with van der Waals surface area (Å²) in [5.74, 6) is 1.72. The zero-order valence-electron chi connectivity index (χ0n) is 18.2. The Morgan fingerprint density at radius 2 is 1.81 bits per heavy atom. The molecule has 1 fully saturated rings. The third kappa shape index (κ3) is 5.45. The first-order valence-electron chi connectivity index (χ1n) is 10.8. The largest absolute Gasteiger partial charge is 0.497 e. The fourth-order valence-corrected chi connectivity index (χ4v) is 5.08. The quantitative estimate of drug-likeness (QED) is 0.568. The molecule has 1 unspecified atom stereocenters. The van der Waals surface area contributed by atoms with Crippen LogP contribution in [0.3, 0.4) is 0 Å². The molecule has 1 aliphatic heterocycles. The Bertz CT molecular complexity index is 974. The molecular weight excluding hydrogens is 408 g/mol. The molecule has 2 heterocycles. The smallest absolute Gasteiger partial charge is 0.125 e. The highest BCUT2D eigenvalue weighted by Crippen LogP contribution is 2.37. The van der Waals surface area contributed by atoms with E-state index < -0.39 is 5.60 Å². The minimum absolute atomic E-state index is 0.479. The van der Waals surface area contributed by atoms with Crippen LogP contribution in [0.4, 0.5) is 0 Å². The zero-order chi connectivity index (χ0) is 21.7. The number of hydrogen-bond donors (Lipinski definition) is 1. The second kappa shape index (κ2) is 9.81. The Labute approximate surface area is 188 Å². The summed E-state index contributed by atoms with van der Waals surface area (Å²) in [4.78, 5) is 8.24. The first-order valence-corrected chi connectivity index (χ1v) is 11.6. The van der Waals surface area contributed by atoms with Crippen LogP contribution in [0.1, 0.15) is 40.4 Å². The minimum Gasteiger partial charge on any atom is -0.497 e. The molecule has 1 aliphatic rings. The van der Waals surface area contributed by atoms with Gasteiger partial charge in [-0.25, -0.2) is 4.98 Å². The van der Waals surface area contributed by atoms with E-state index in [1.54, 1.807) is 18.4 Å². The highest BCUT2D eigenvalue weighted by atomic mass is 32.1. The monoisotopic (exact) mass is 438 g/mol. The molecule has 1 aromatic heterocycles. The van der Waals surface area contributed by atoms with E-state index in [9.17, 15) is 5.11 Å². The van der Waals surface area contributed by atoms with Gasteiger partial charge in [-0.05, 0) is 62.6 Å². The lowest BCUT2D eigenvalue weighted by atomic mass is 9.96. The van der Waals surface area contributed by atoms with E-state index in [0.717, 1.165) is 59.6 Å². The van der Waals surface area contributed by atoms with Crippen LogP contribution in [0.2, 0.25) is 0 Å². The van der Waals surface area contributed by atoms with Gasteiger partial charge in [0, 0.05) is 13.1 Å². The van der Waals surface area contributed by atoms with E-state index in [4.69, 9.17) is 14.5 Å². The maximum absolute atomic E-state index is 11.5. The molecule has 1 N–H and O–H groups in total. The molecule has 0 spiro atoms. The molecule has 2 aromatic carbocycles. The first-order chi connectivity index (χ1) is 15.1. The summed E-state index contributed by atoms with van der Waals surface area (Å²) < 4.78 is 11.2. The third-order valence-corrected chi connectivity index (χ3v) is 7.20. The van der Waals surface area contributed by atoms with Crippen molar-refractivity contribution < 1.29 is 14.6 Å². The van der Waals surface area contributed by atoms with Gasteiger partial charge in [0.1, 0.15) is 28.7 Å². The Balaban J connectivity index is 1.39. The summed E-state index contributed by atoms with van der Waals surface area (Å²) in [6.45, 7) is 5.18. The minimum atomic E-state index is -0.866. The summed E-state index contributed by atoms with van der Waals surface area (Å²) in [5, 5.41) is 12.3. The average Bonchev–Trinajstić information content (AvgIpc) is 3.07. The fraction of sp³-hybridized carbons (Fsp3) is 0.400. The number of nitrogens with zero attached hydrogens (tertiary/aromatic N) is 2. The molecule has 5 nitrogen and oxygen atoms in total. The summed E-state index contributed by atoms with van der Waals surface area (Å²) in [7, 11) is 1.68. The van der Waals surface area contributed by atoms with Gasteiger partial charge in [0.15, 0.2) is 0 Å². The van der Waals surface area contributed by atoms with Gasteiger partial charge < -0.3 is 14.6 Å². The maximum Gasteiger partial charge on any atom is 0.125 e. The number of likely N-dealkylation sites (tertiary alicyclic amines) is 1. The van der Waals surface area contributed by atoms with Crippen LogP contribution in [0.15, 0.2) is 54.6 Å². The number of thiazole rings is 1. The second-order valence-corrected chi connectivity index (χ2v) is 9.22. The molecule has 4 rings (SSSR count). The summed E-state index contributed by atoms with van der Waals surface area (Å²) >= 11 is 1.58. The molecule has 0 aliphatic carbocycles. The maximum atomic E-state index is 11.5. The van der Waals surface area contributed by atoms with Gasteiger partial charge in [0.2, 0.25) is 0 Å². The number of para-hydroxylation sites is 1. The Kier molecular flexibility index (Phi) is 6.90. The summed E-state index contributed by atoms with van der Waals surface area (Å²) in [6, 6.07) is 18.0. The zero-order valence-corrected chi connectivity index (χ0v) is 19.0. The van der Waals surface area contributed by atoms with E-state index >= 15 is 0 Å². The standard InChI is InChI=1S/C25H30N2O3S/c1-19-23(18-30-22-7-4-3-5-8-22)31-24(26-19)25(28)13-6-15-27(16-14-25)17-20-9-11-21(29-2)12-10-20/h3-5,7-12,28H,6,13-18H2,1-2H3. The predicted molar refractivity (Wildman–Crippen MR) is 124 cm³/mol. The second-order valence-electron chi connectivity index (χ2n) is 8.14. The average molecular weight is 439 g/mol. The van der Waals surface area contributed by atoms with E-state index in [1.807, 2.05) is 49.4 Å². The number of benzene rings is 2. The number of hydrogen-bond acceptors (Lipinski definition) is 6. The van der Waals surface area contributed by atoms with Gasteiger partial charge in [-0.1, -0.05) is 30.3 Å². The molecule has 3 aromatic rings. The lowest BCUT2D eigenvalue weighted by Crippen LogP contribution is -2.29. The highest BCUT2D eigenvalue weighted by Gasteiger charge is 2.35.